The van der Waals surface area contributed by atoms with Gasteiger partial charge in [0.2, 0.25) is 5.91 Å². The number of piperazine rings is 1. The molecule has 3 aromatic rings. The number of hydrogen-bond acceptors (Lipinski definition) is 7. The Morgan fingerprint density at radius 3 is 2.48 bits per heavy atom. The molecule has 224 valence electrons. The molecule has 0 spiro atoms. The first-order chi connectivity index (χ1) is 20.0. The molecule has 2 aliphatic rings. The smallest absolute Gasteiger partial charge is 0.382 e. The lowest BCUT2D eigenvalue weighted by molar-refractivity contribution is -0.388. The molecule has 2 fully saturated rings. The highest BCUT2D eigenvalue weighted by atomic mass is 19.4. The first kappa shape index (κ1) is 29.5. The highest BCUT2D eigenvalue weighted by Crippen LogP contribution is 2.38. The maximum Gasteiger partial charge on any atom is 0.423 e. The van der Waals surface area contributed by atoms with Crippen LogP contribution < -0.4 is 10.2 Å². The van der Waals surface area contributed by atoms with Gasteiger partial charge in [-0.3, -0.25) is 19.9 Å². The van der Waals surface area contributed by atoms with Crippen LogP contribution in [0.15, 0.2) is 42.6 Å². The molecule has 42 heavy (non-hydrogen) atoms. The van der Waals surface area contributed by atoms with Gasteiger partial charge in [0, 0.05) is 49.4 Å². The molecule has 0 unspecified atom stereocenters. The Bertz CT molecular complexity index is 1470. The quantitative estimate of drug-likeness (QED) is 0.214. The highest BCUT2D eigenvalue weighted by Gasteiger charge is 2.38. The minimum absolute atomic E-state index is 0.0781. The van der Waals surface area contributed by atoms with Crippen LogP contribution in [0, 0.1) is 22.9 Å². The number of aromatic nitrogens is 1. The molecule has 5 rings (SSSR count). The largest absolute Gasteiger partial charge is 0.423 e. The van der Waals surface area contributed by atoms with E-state index in [-0.39, 0.29) is 36.2 Å². The molecular formula is C29H31F4N5O4. The fraction of sp³-hybridized carbons (Fsp3) is 0.448. The molecule has 2 heterocycles. The second kappa shape index (κ2) is 12.1. The number of carbonyl (C=O) groups excluding carboxylic acids is 1. The van der Waals surface area contributed by atoms with Gasteiger partial charge in [0.15, 0.2) is 5.82 Å². The molecule has 9 nitrogen and oxygen atoms in total. The second-order valence-corrected chi connectivity index (χ2v) is 10.8. The normalized spacial score (nSPS) is 19.6. The molecule has 0 radical (unpaired) electrons. The molecule has 1 N–H and O–H groups in total. The van der Waals surface area contributed by atoms with Gasteiger partial charge < -0.3 is 19.9 Å². The lowest BCUT2D eigenvalue weighted by Gasteiger charge is -2.36. The summed E-state index contributed by atoms with van der Waals surface area (Å²) >= 11 is 0. The maximum atomic E-state index is 15.2. The van der Waals surface area contributed by atoms with Gasteiger partial charge in [-0.15, -0.1) is 0 Å². The number of aryl methyl sites for hydroxylation is 1. The van der Waals surface area contributed by atoms with Crippen LogP contribution in [0.2, 0.25) is 0 Å². The Morgan fingerprint density at radius 2 is 1.81 bits per heavy atom. The summed E-state index contributed by atoms with van der Waals surface area (Å²) in [6.45, 7) is 3.65. The molecule has 1 amide bonds. The molecule has 1 aliphatic carbocycles. The van der Waals surface area contributed by atoms with Crippen LogP contribution in [0.4, 0.5) is 34.6 Å². The van der Waals surface area contributed by atoms with Gasteiger partial charge in [-0.05, 0) is 62.4 Å². The Balaban J connectivity index is 1.07. The van der Waals surface area contributed by atoms with Crippen LogP contribution in [0.1, 0.15) is 36.8 Å². The number of pyridine rings is 1. The number of ether oxygens (including phenoxy) is 1. The van der Waals surface area contributed by atoms with Crippen molar-refractivity contribution >= 4 is 33.9 Å². The molecule has 1 saturated carbocycles. The SMILES string of the molecule is Cc1ccc2c(F)c(N3CCN(C(=O)COC4CCC(Nc5ccc([N+](=O)[O-])c(C(F)(F)F)c5)CC4)CC3)cnc2c1. The molecule has 1 aliphatic heterocycles. The number of nitrogens with zero attached hydrogens (tertiary/aromatic N) is 4. The zero-order chi connectivity index (χ0) is 30.0. The average Bonchev–Trinajstić information content (AvgIpc) is 2.96. The number of nitro benzene ring substituents is 1. The van der Waals surface area contributed by atoms with Crippen LogP contribution in [-0.2, 0) is 15.7 Å². The maximum absolute atomic E-state index is 15.2. The zero-order valence-electron chi connectivity index (χ0n) is 23.0. The summed E-state index contributed by atoms with van der Waals surface area (Å²) in [5.74, 6) is -0.462. The topological polar surface area (TPSA) is 101 Å². The number of halogens is 4. The Kier molecular flexibility index (Phi) is 8.48. The predicted octanol–water partition coefficient (Wildman–Crippen LogP) is 5.70. The number of amides is 1. The predicted molar refractivity (Wildman–Crippen MR) is 149 cm³/mol. The summed E-state index contributed by atoms with van der Waals surface area (Å²) in [6.07, 6.45) is -0.996. The van der Waals surface area contributed by atoms with E-state index in [1.807, 2.05) is 24.0 Å². The van der Waals surface area contributed by atoms with Crippen molar-refractivity contribution in [3.05, 3.63) is 69.7 Å². The standard InChI is InChI=1S/C29H31F4N5O4/c1-18-2-8-22-24(14-18)34-16-26(28(22)30)36-10-12-37(13-11-36)27(39)17-42-21-6-3-19(4-7-21)35-20-5-9-25(38(40)41)23(15-20)29(31,32)33/h2,5,8-9,14-16,19,21,35H,3-4,6-7,10-13,17H2,1H3. The van der Waals surface area contributed by atoms with E-state index >= 15 is 4.39 Å². The summed E-state index contributed by atoms with van der Waals surface area (Å²) in [4.78, 5) is 30.7. The van der Waals surface area contributed by atoms with Crippen molar-refractivity contribution in [2.75, 3.05) is 43.0 Å². The lowest BCUT2D eigenvalue weighted by atomic mass is 9.92. The van der Waals surface area contributed by atoms with Crippen LogP contribution in [-0.4, -0.2) is 65.6 Å². The minimum atomic E-state index is -4.84. The van der Waals surface area contributed by atoms with Crippen LogP contribution in [0.25, 0.3) is 10.9 Å². The third-order valence-electron chi connectivity index (χ3n) is 7.90. The third-order valence-corrected chi connectivity index (χ3v) is 7.90. The highest BCUT2D eigenvalue weighted by molar-refractivity contribution is 5.83. The minimum Gasteiger partial charge on any atom is -0.382 e. The molecule has 2 aromatic carbocycles. The van der Waals surface area contributed by atoms with Crippen molar-refractivity contribution < 1.29 is 32.0 Å². The van der Waals surface area contributed by atoms with Crippen molar-refractivity contribution in [2.24, 2.45) is 0 Å². The number of hydrogen-bond donors (Lipinski definition) is 1. The van der Waals surface area contributed by atoms with Crippen LogP contribution >= 0.6 is 0 Å². The van der Waals surface area contributed by atoms with E-state index in [1.54, 1.807) is 17.2 Å². The second-order valence-electron chi connectivity index (χ2n) is 10.8. The summed E-state index contributed by atoms with van der Waals surface area (Å²) in [7, 11) is 0. The van der Waals surface area contributed by atoms with Crippen LogP contribution in [0.5, 0.6) is 0 Å². The van der Waals surface area contributed by atoms with Crippen molar-refractivity contribution in [1.29, 1.82) is 0 Å². The van der Waals surface area contributed by atoms with E-state index in [2.05, 4.69) is 10.3 Å². The molecule has 13 heteroatoms. The van der Waals surface area contributed by atoms with E-state index in [9.17, 15) is 28.1 Å². The van der Waals surface area contributed by atoms with Gasteiger partial charge in [0.1, 0.15) is 12.2 Å². The summed E-state index contributed by atoms with van der Waals surface area (Å²) in [6, 6.07) is 8.21. The van der Waals surface area contributed by atoms with Crippen molar-refractivity contribution in [2.45, 2.75) is 50.9 Å². The summed E-state index contributed by atoms with van der Waals surface area (Å²) < 4.78 is 60.9. The van der Waals surface area contributed by atoms with E-state index in [0.29, 0.717) is 68.5 Å². The fourth-order valence-electron chi connectivity index (χ4n) is 5.58. The molecule has 0 atom stereocenters. The van der Waals surface area contributed by atoms with Gasteiger partial charge in [-0.25, -0.2) is 4.39 Å². The summed E-state index contributed by atoms with van der Waals surface area (Å²) in [5.41, 5.74) is -0.0722. The molecule has 0 bridgehead atoms. The number of alkyl halides is 3. The number of rotatable bonds is 7. The number of fused-ring (bicyclic) bond motifs is 1. The van der Waals surface area contributed by atoms with Gasteiger partial charge in [-0.1, -0.05) is 6.07 Å². The number of carbonyl (C=O) groups is 1. The monoisotopic (exact) mass is 589 g/mol. The molecular weight excluding hydrogens is 558 g/mol. The van der Waals surface area contributed by atoms with Gasteiger partial charge >= 0.3 is 6.18 Å². The molecule has 1 saturated heterocycles. The van der Waals surface area contributed by atoms with Crippen molar-refractivity contribution in [3.8, 4) is 0 Å². The van der Waals surface area contributed by atoms with Crippen molar-refractivity contribution in [3.63, 3.8) is 0 Å². The number of benzene rings is 2. The zero-order valence-corrected chi connectivity index (χ0v) is 23.0. The first-order valence-corrected chi connectivity index (χ1v) is 13.8. The van der Waals surface area contributed by atoms with Gasteiger partial charge in [0.05, 0.1) is 28.4 Å². The van der Waals surface area contributed by atoms with E-state index in [1.165, 1.54) is 6.07 Å². The number of anilines is 2. The molecule has 1 aromatic heterocycles. The summed E-state index contributed by atoms with van der Waals surface area (Å²) in [5, 5.41) is 14.5. The van der Waals surface area contributed by atoms with E-state index in [0.717, 1.165) is 17.7 Å². The average molecular weight is 590 g/mol. The van der Waals surface area contributed by atoms with Crippen molar-refractivity contribution in [1.82, 2.24) is 9.88 Å². The van der Waals surface area contributed by atoms with E-state index < -0.39 is 22.4 Å². The first-order valence-electron chi connectivity index (χ1n) is 13.8. The third kappa shape index (κ3) is 6.56. The Labute approximate surface area is 239 Å². The van der Waals surface area contributed by atoms with Gasteiger partial charge in [0.25, 0.3) is 5.69 Å². The fourth-order valence-corrected chi connectivity index (χ4v) is 5.58. The lowest BCUT2D eigenvalue weighted by Crippen LogP contribution is -2.50. The Morgan fingerprint density at radius 1 is 1.10 bits per heavy atom. The Hall–Kier alpha value is -4.00. The van der Waals surface area contributed by atoms with E-state index in [4.69, 9.17) is 4.74 Å². The van der Waals surface area contributed by atoms with Crippen LogP contribution in [0.3, 0.4) is 0 Å². The number of nitrogens with one attached hydrogen (secondary N) is 1. The van der Waals surface area contributed by atoms with Gasteiger partial charge in [-0.2, -0.15) is 13.2 Å². The number of nitro groups is 1.